The number of aromatic nitrogens is 4. The lowest BCUT2D eigenvalue weighted by atomic mass is 10.1. The molecule has 0 aliphatic carbocycles. The second-order valence-corrected chi connectivity index (χ2v) is 4.54. The third kappa shape index (κ3) is 2.40. The predicted molar refractivity (Wildman–Crippen MR) is 72.2 cm³/mol. The summed E-state index contributed by atoms with van der Waals surface area (Å²) in [6.07, 6.45) is 1.59. The number of aryl methyl sites for hydroxylation is 3. The Morgan fingerprint density at radius 1 is 1.21 bits per heavy atom. The zero-order valence-corrected chi connectivity index (χ0v) is 10.6. The van der Waals surface area contributed by atoms with Crippen LogP contribution < -0.4 is 5.56 Å². The van der Waals surface area contributed by atoms with E-state index in [-0.39, 0.29) is 5.56 Å². The lowest BCUT2D eigenvalue weighted by Gasteiger charge is -1.96. The van der Waals surface area contributed by atoms with Gasteiger partial charge in [-0.25, -0.2) is 0 Å². The standard InChI is InChI=1S/C14H14N4O/c1-10-9-13(19)18-14(15-10)16-12(17-18)8-7-11-5-3-2-4-6-11/h2-6,9H,7-8H2,1H3,(H,15,16,17). The van der Waals surface area contributed by atoms with Crippen LogP contribution >= 0.6 is 0 Å². The molecule has 0 fully saturated rings. The molecule has 3 rings (SSSR count). The van der Waals surface area contributed by atoms with E-state index in [1.807, 2.05) is 25.1 Å². The Morgan fingerprint density at radius 3 is 2.79 bits per heavy atom. The monoisotopic (exact) mass is 254 g/mol. The van der Waals surface area contributed by atoms with Gasteiger partial charge in [-0.1, -0.05) is 30.3 Å². The van der Waals surface area contributed by atoms with Crippen LogP contribution in [0.25, 0.3) is 5.78 Å². The first-order chi connectivity index (χ1) is 9.22. The minimum Gasteiger partial charge on any atom is -0.328 e. The Balaban J connectivity index is 1.86. The maximum atomic E-state index is 11.7. The number of fused-ring (bicyclic) bond motifs is 1. The second kappa shape index (κ2) is 4.68. The van der Waals surface area contributed by atoms with E-state index < -0.39 is 0 Å². The molecule has 1 aromatic carbocycles. The van der Waals surface area contributed by atoms with Crippen molar-refractivity contribution in [1.82, 2.24) is 19.6 Å². The summed E-state index contributed by atoms with van der Waals surface area (Å²) in [7, 11) is 0. The first kappa shape index (κ1) is 11.6. The van der Waals surface area contributed by atoms with Gasteiger partial charge in [0.2, 0.25) is 5.78 Å². The lowest BCUT2D eigenvalue weighted by molar-refractivity contribution is 0.818. The van der Waals surface area contributed by atoms with Gasteiger partial charge in [-0.3, -0.25) is 4.79 Å². The Morgan fingerprint density at radius 2 is 2.00 bits per heavy atom. The van der Waals surface area contributed by atoms with Crippen LogP contribution in [0.15, 0.2) is 41.2 Å². The molecule has 0 saturated heterocycles. The molecule has 0 spiro atoms. The Labute approximate surface area is 109 Å². The molecule has 0 unspecified atom stereocenters. The summed E-state index contributed by atoms with van der Waals surface area (Å²) in [5.74, 6) is 1.19. The first-order valence-corrected chi connectivity index (χ1v) is 6.22. The summed E-state index contributed by atoms with van der Waals surface area (Å²) >= 11 is 0. The minimum absolute atomic E-state index is 0.148. The Kier molecular flexibility index (Phi) is 2.87. The van der Waals surface area contributed by atoms with Gasteiger partial charge in [-0.2, -0.15) is 9.50 Å². The number of aromatic amines is 1. The third-order valence-electron chi connectivity index (χ3n) is 2.99. The maximum Gasteiger partial charge on any atom is 0.275 e. The van der Waals surface area contributed by atoms with Crippen molar-refractivity contribution in [3.05, 3.63) is 63.8 Å². The highest BCUT2D eigenvalue weighted by Crippen LogP contribution is 2.04. The van der Waals surface area contributed by atoms with Crippen LogP contribution in [0.3, 0.4) is 0 Å². The predicted octanol–water partition coefficient (Wildman–Crippen LogP) is 1.51. The van der Waals surface area contributed by atoms with Crippen molar-refractivity contribution in [3.63, 3.8) is 0 Å². The maximum absolute atomic E-state index is 11.7. The smallest absolute Gasteiger partial charge is 0.275 e. The fourth-order valence-corrected chi connectivity index (χ4v) is 2.05. The number of nitrogens with one attached hydrogen (secondary N) is 1. The molecule has 0 radical (unpaired) electrons. The van der Waals surface area contributed by atoms with Gasteiger partial charge in [-0.05, 0) is 18.9 Å². The van der Waals surface area contributed by atoms with Gasteiger partial charge in [0, 0.05) is 18.2 Å². The van der Waals surface area contributed by atoms with Crippen LogP contribution in [-0.2, 0) is 12.8 Å². The SMILES string of the molecule is Cc1cc(=O)n2nc(CCc3ccccc3)nc2[nH]1. The summed E-state index contributed by atoms with van der Waals surface area (Å²) in [5.41, 5.74) is 1.88. The fraction of sp³-hybridized carbons (Fsp3) is 0.214. The largest absolute Gasteiger partial charge is 0.328 e. The molecule has 1 N–H and O–H groups in total. The summed E-state index contributed by atoms with van der Waals surface area (Å²) in [6.45, 7) is 1.83. The molecule has 2 aromatic heterocycles. The van der Waals surface area contributed by atoms with Crippen molar-refractivity contribution in [2.45, 2.75) is 19.8 Å². The topological polar surface area (TPSA) is 63.1 Å². The van der Waals surface area contributed by atoms with E-state index in [4.69, 9.17) is 0 Å². The first-order valence-electron chi connectivity index (χ1n) is 6.22. The van der Waals surface area contributed by atoms with Gasteiger partial charge in [0.25, 0.3) is 5.56 Å². The molecule has 5 heteroatoms. The van der Waals surface area contributed by atoms with Gasteiger partial charge >= 0.3 is 0 Å². The summed E-state index contributed by atoms with van der Waals surface area (Å²) in [5, 5.41) is 4.23. The van der Waals surface area contributed by atoms with Crippen molar-refractivity contribution < 1.29 is 0 Å². The van der Waals surface area contributed by atoms with E-state index in [2.05, 4.69) is 27.2 Å². The molecule has 0 amide bonds. The summed E-state index contributed by atoms with van der Waals surface area (Å²) < 4.78 is 1.31. The highest BCUT2D eigenvalue weighted by molar-refractivity contribution is 5.28. The van der Waals surface area contributed by atoms with Crippen LogP contribution in [0.5, 0.6) is 0 Å². The van der Waals surface area contributed by atoms with Gasteiger partial charge in [0.15, 0.2) is 5.82 Å². The van der Waals surface area contributed by atoms with Gasteiger partial charge in [-0.15, -0.1) is 5.10 Å². The molecule has 0 aliphatic heterocycles. The van der Waals surface area contributed by atoms with Crippen LogP contribution in [0.1, 0.15) is 17.1 Å². The fourth-order valence-electron chi connectivity index (χ4n) is 2.05. The van der Waals surface area contributed by atoms with E-state index in [0.29, 0.717) is 11.6 Å². The second-order valence-electron chi connectivity index (χ2n) is 4.54. The van der Waals surface area contributed by atoms with E-state index in [9.17, 15) is 4.79 Å². The van der Waals surface area contributed by atoms with Crippen LogP contribution in [0.2, 0.25) is 0 Å². The third-order valence-corrected chi connectivity index (χ3v) is 2.99. The van der Waals surface area contributed by atoms with Crippen molar-refractivity contribution in [3.8, 4) is 0 Å². The van der Waals surface area contributed by atoms with Crippen LogP contribution in [-0.4, -0.2) is 19.6 Å². The number of hydrogen-bond donors (Lipinski definition) is 1. The molecular weight excluding hydrogens is 240 g/mol. The number of nitrogens with zero attached hydrogens (tertiary/aromatic N) is 3. The molecule has 19 heavy (non-hydrogen) atoms. The average molecular weight is 254 g/mol. The zero-order chi connectivity index (χ0) is 13.2. The number of rotatable bonds is 3. The quantitative estimate of drug-likeness (QED) is 0.770. The van der Waals surface area contributed by atoms with Crippen LogP contribution in [0, 0.1) is 6.92 Å². The number of H-pyrrole nitrogens is 1. The molecule has 0 saturated carbocycles. The zero-order valence-electron chi connectivity index (χ0n) is 10.6. The van der Waals surface area contributed by atoms with Crippen molar-refractivity contribution in [1.29, 1.82) is 0 Å². The molecule has 5 nitrogen and oxygen atoms in total. The highest BCUT2D eigenvalue weighted by atomic mass is 16.1. The van der Waals surface area contributed by atoms with E-state index >= 15 is 0 Å². The minimum atomic E-state index is -0.148. The molecule has 0 aliphatic rings. The van der Waals surface area contributed by atoms with Crippen molar-refractivity contribution in [2.24, 2.45) is 0 Å². The molecule has 0 atom stereocenters. The van der Waals surface area contributed by atoms with Crippen molar-refractivity contribution >= 4 is 5.78 Å². The van der Waals surface area contributed by atoms with E-state index in [1.165, 1.54) is 16.1 Å². The Hall–Kier alpha value is -2.43. The number of hydrogen-bond acceptors (Lipinski definition) is 3. The molecular formula is C14H14N4O. The van der Waals surface area contributed by atoms with Gasteiger partial charge in [0.05, 0.1) is 0 Å². The lowest BCUT2D eigenvalue weighted by Crippen LogP contribution is -2.14. The summed E-state index contributed by atoms with van der Waals surface area (Å²) in [6, 6.07) is 11.7. The molecule has 3 aromatic rings. The average Bonchev–Trinajstić information content (AvgIpc) is 2.81. The Bertz CT molecular complexity index is 758. The molecule has 0 bridgehead atoms. The van der Waals surface area contributed by atoms with E-state index in [1.54, 1.807) is 0 Å². The van der Waals surface area contributed by atoms with E-state index in [0.717, 1.165) is 18.5 Å². The molecule has 96 valence electrons. The highest BCUT2D eigenvalue weighted by Gasteiger charge is 2.07. The van der Waals surface area contributed by atoms with Crippen LogP contribution in [0.4, 0.5) is 0 Å². The normalized spacial score (nSPS) is 11.0. The van der Waals surface area contributed by atoms with Gasteiger partial charge in [0.1, 0.15) is 0 Å². The van der Waals surface area contributed by atoms with Crippen molar-refractivity contribution in [2.75, 3.05) is 0 Å². The van der Waals surface area contributed by atoms with Gasteiger partial charge < -0.3 is 4.98 Å². The number of benzene rings is 1. The molecule has 2 heterocycles. The summed E-state index contributed by atoms with van der Waals surface area (Å²) in [4.78, 5) is 19.1.